The summed E-state index contributed by atoms with van der Waals surface area (Å²) < 4.78 is 15.0. The second-order valence-corrected chi connectivity index (χ2v) is 10.3. The maximum absolute atomic E-state index is 13.5. The average Bonchev–Trinajstić information content (AvgIpc) is 3.08. The highest BCUT2D eigenvalue weighted by Crippen LogP contribution is 2.35. The maximum Gasteiger partial charge on any atom is 0.278 e. The summed E-state index contributed by atoms with van der Waals surface area (Å²) in [5.41, 5.74) is 3.60. The van der Waals surface area contributed by atoms with Crippen molar-refractivity contribution < 1.29 is 14.3 Å². The number of nitrogens with one attached hydrogen (secondary N) is 1. The van der Waals surface area contributed by atoms with Crippen molar-refractivity contribution in [3.8, 4) is 17.2 Å². The third kappa shape index (κ3) is 4.28. The molecular weight excluding hydrogens is 510 g/mol. The van der Waals surface area contributed by atoms with Crippen molar-refractivity contribution in [3.63, 3.8) is 0 Å². The largest absolute Gasteiger partial charge is 0.492 e. The molecule has 4 aromatic rings. The Balaban J connectivity index is 1.33. The number of amides is 1. The van der Waals surface area contributed by atoms with Crippen LogP contribution in [0.15, 0.2) is 59.5 Å². The molecule has 0 spiro atoms. The number of anilines is 3. The van der Waals surface area contributed by atoms with Crippen LogP contribution in [0.4, 0.5) is 17.3 Å². The lowest BCUT2D eigenvalue weighted by atomic mass is 10.1. The minimum absolute atomic E-state index is 0.0205. The summed E-state index contributed by atoms with van der Waals surface area (Å²) >= 11 is 0. The van der Waals surface area contributed by atoms with Crippen LogP contribution >= 0.6 is 0 Å². The van der Waals surface area contributed by atoms with Gasteiger partial charge in [-0.05, 0) is 56.3 Å². The van der Waals surface area contributed by atoms with Gasteiger partial charge < -0.3 is 19.7 Å². The molecule has 7 rings (SSSR count). The highest BCUT2D eigenvalue weighted by atomic mass is 16.5. The molecule has 0 aliphatic carbocycles. The van der Waals surface area contributed by atoms with E-state index < -0.39 is 0 Å². The van der Waals surface area contributed by atoms with Gasteiger partial charge in [0.05, 0.1) is 17.9 Å². The highest BCUT2D eigenvalue weighted by Gasteiger charge is 2.27. The van der Waals surface area contributed by atoms with Gasteiger partial charge in [0.2, 0.25) is 5.95 Å². The minimum Gasteiger partial charge on any atom is -0.492 e. The third-order valence-electron chi connectivity index (χ3n) is 7.49. The second-order valence-electron chi connectivity index (χ2n) is 10.3. The van der Waals surface area contributed by atoms with Gasteiger partial charge in [0.15, 0.2) is 12.3 Å². The molecule has 0 radical (unpaired) electrons. The number of allylic oxidation sites excluding steroid dienone is 2. The van der Waals surface area contributed by atoms with Crippen LogP contribution in [-0.2, 0) is 17.9 Å². The van der Waals surface area contributed by atoms with E-state index in [4.69, 9.17) is 14.5 Å². The van der Waals surface area contributed by atoms with Crippen LogP contribution in [0.1, 0.15) is 18.4 Å². The number of nitrogens with zero attached hydrogens (tertiary/aromatic N) is 6. The number of hydrogen-bond donors (Lipinski definition) is 1. The number of rotatable bonds is 2. The van der Waals surface area contributed by atoms with Crippen molar-refractivity contribution in [1.29, 1.82) is 0 Å². The molecular formula is C29H29N7O4. The Labute approximate surface area is 230 Å². The van der Waals surface area contributed by atoms with Gasteiger partial charge in [-0.3, -0.25) is 14.5 Å². The zero-order valence-electron chi connectivity index (χ0n) is 22.2. The molecule has 0 unspecified atom stereocenters. The highest BCUT2D eigenvalue weighted by molar-refractivity contribution is 5.98. The number of benzene rings is 2. The van der Waals surface area contributed by atoms with Crippen LogP contribution in [-0.4, -0.2) is 63.5 Å². The van der Waals surface area contributed by atoms with Gasteiger partial charge >= 0.3 is 0 Å². The number of fused-ring (bicyclic) bond motifs is 6. The number of carbonyl (C=O) groups excluding carboxylic acids is 1. The Bertz CT molecular complexity index is 1720. The Morgan fingerprint density at radius 1 is 1.00 bits per heavy atom. The molecule has 1 N–H and O–H groups in total. The summed E-state index contributed by atoms with van der Waals surface area (Å²) in [4.78, 5) is 39.5. The van der Waals surface area contributed by atoms with Gasteiger partial charge in [-0.2, -0.15) is 4.98 Å². The molecule has 3 aliphatic heterocycles. The lowest BCUT2D eigenvalue weighted by Crippen LogP contribution is -2.39. The van der Waals surface area contributed by atoms with Gasteiger partial charge in [-0.25, -0.2) is 14.3 Å². The first kappa shape index (κ1) is 24.4. The van der Waals surface area contributed by atoms with Crippen molar-refractivity contribution in [1.82, 2.24) is 24.2 Å². The van der Waals surface area contributed by atoms with Gasteiger partial charge in [0, 0.05) is 37.1 Å². The SMILES string of the molecule is CN1CCOc2ccc(Nc3ncc4c(=O)n5n(c4n3)-c3ccc4c(c3)N(CCC/C=C\C5)C(=O)CO4)cc2C1. The molecule has 204 valence electrons. The molecule has 11 nitrogen and oxygen atoms in total. The van der Waals surface area contributed by atoms with Gasteiger partial charge in [0.1, 0.15) is 23.5 Å². The Morgan fingerprint density at radius 2 is 1.90 bits per heavy atom. The Morgan fingerprint density at radius 3 is 2.83 bits per heavy atom. The van der Waals surface area contributed by atoms with Crippen LogP contribution in [0.2, 0.25) is 0 Å². The summed E-state index contributed by atoms with van der Waals surface area (Å²) in [6.45, 7) is 3.30. The molecule has 2 aromatic heterocycles. The van der Waals surface area contributed by atoms with Crippen molar-refractivity contribution in [2.75, 3.05) is 43.6 Å². The Kier molecular flexibility index (Phi) is 6.00. The first-order valence-electron chi connectivity index (χ1n) is 13.5. The van der Waals surface area contributed by atoms with E-state index in [1.807, 2.05) is 42.5 Å². The Hall–Kier alpha value is -4.64. The third-order valence-corrected chi connectivity index (χ3v) is 7.49. The van der Waals surface area contributed by atoms with Crippen LogP contribution in [0.3, 0.4) is 0 Å². The molecule has 0 saturated heterocycles. The fraction of sp³-hybridized carbons (Fsp3) is 0.310. The molecule has 11 heteroatoms. The topological polar surface area (TPSA) is 107 Å². The standard InChI is InChI=1S/C29H29N7O4/c1-33-12-13-39-24-8-6-20(14-19(24)17-33)31-29-30-16-22-27(32-29)36-21-7-9-25-23(15-21)34(26(37)18-40-25)10-4-2-3-5-11-35(36)28(22)38/h3,5-9,14-16H,2,4,10-13,17-18H2,1H3,(H,30,31,32)/b5-3-. The molecule has 1 amide bonds. The fourth-order valence-corrected chi connectivity index (χ4v) is 5.47. The van der Waals surface area contributed by atoms with Crippen LogP contribution in [0.25, 0.3) is 16.7 Å². The predicted molar refractivity (Wildman–Crippen MR) is 151 cm³/mol. The summed E-state index contributed by atoms with van der Waals surface area (Å²) in [6, 6.07) is 11.6. The van der Waals surface area contributed by atoms with Crippen molar-refractivity contribution in [2.24, 2.45) is 0 Å². The summed E-state index contributed by atoms with van der Waals surface area (Å²) in [5.74, 6) is 1.82. The monoisotopic (exact) mass is 539 g/mol. The van der Waals surface area contributed by atoms with Crippen LogP contribution in [0, 0.1) is 0 Å². The number of carbonyl (C=O) groups is 1. The summed E-state index contributed by atoms with van der Waals surface area (Å²) in [7, 11) is 2.07. The van der Waals surface area contributed by atoms with Gasteiger partial charge in [-0.15, -0.1) is 0 Å². The normalized spacial score (nSPS) is 17.9. The van der Waals surface area contributed by atoms with E-state index in [-0.39, 0.29) is 18.1 Å². The van der Waals surface area contributed by atoms with Crippen LogP contribution < -0.4 is 25.2 Å². The van der Waals surface area contributed by atoms with Crippen molar-refractivity contribution in [2.45, 2.75) is 25.9 Å². The summed E-state index contributed by atoms with van der Waals surface area (Å²) in [6.07, 6.45) is 7.21. The van der Waals surface area contributed by atoms with E-state index in [1.165, 1.54) is 0 Å². The van der Waals surface area contributed by atoms with E-state index in [1.54, 1.807) is 20.5 Å². The smallest absolute Gasteiger partial charge is 0.278 e. The fourth-order valence-electron chi connectivity index (χ4n) is 5.47. The van der Waals surface area contributed by atoms with Gasteiger partial charge in [0.25, 0.3) is 11.5 Å². The molecule has 0 atom stereocenters. The lowest BCUT2D eigenvalue weighted by molar-refractivity contribution is -0.121. The zero-order chi connectivity index (χ0) is 27.2. The molecule has 2 aromatic carbocycles. The van der Waals surface area contributed by atoms with E-state index in [2.05, 4.69) is 28.3 Å². The maximum atomic E-state index is 13.5. The first-order chi connectivity index (χ1) is 19.5. The molecule has 0 saturated carbocycles. The second kappa shape index (κ2) is 9.83. The minimum atomic E-state index is -0.185. The van der Waals surface area contributed by atoms with E-state index in [9.17, 15) is 9.59 Å². The molecule has 2 bridgehead atoms. The average molecular weight is 540 g/mol. The van der Waals surface area contributed by atoms with E-state index >= 15 is 0 Å². The zero-order valence-corrected chi connectivity index (χ0v) is 22.2. The first-order valence-corrected chi connectivity index (χ1v) is 13.5. The molecule has 5 heterocycles. The van der Waals surface area contributed by atoms with Crippen LogP contribution in [0.5, 0.6) is 11.5 Å². The molecule has 3 aliphatic rings. The molecule has 0 fully saturated rings. The predicted octanol–water partition coefficient (Wildman–Crippen LogP) is 3.23. The van der Waals surface area contributed by atoms with E-state index in [0.717, 1.165) is 42.9 Å². The number of ether oxygens (including phenoxy) is 2. The lowest BCUT2D eigenvalue weighted by Gasteiger charge is -2.30. The number of likely N-dealkylation sites (N-methyl/N-ethyl adjacent to an activating group) is 1. The van der Waals surface area contributed by atoms with Crippen molar-refractivity contribution in [3.05, 3.63) is 70.7 Å². The van der Waals surface area contributed by atoms with Crippen molar-refractivity contribution >= 4 is 34.3 Å². The summed E-state index contributed by atoms with van der Waals surface area (Å²) in [5, 5.41) is 3.72. The quantitative estimate of drug-likeness (QED) is 0.387. The van der Waals surface area contributed by atoms with Gasteiger partial charge in [-0.1, -0.05) is 12.2 Å². The number of aromatic nitrogens is 4. The number of hydrogen-bond acceptors (Lipinski definition) is 8. The van der Waals surface area contributed by atoms with E-state index in [0.29, 0.717) is 53.8 Å². The molecule has 40 heavy (non-hydrogen) atoms.